The molecule has 2 N–H and O–H groups in total. The van der Waals surface area contributed by atoms with Gasteiger partial charge in [-0.3, -0.25) is 4.79 Å². The van der Waals surface area contributed by atoms with Gasteiger partial charge in [-0.1, -0.05) is 18.2 Å². The zero-order valence-corrected chi connectivity index (χ0v) is 15.1. The molecule has 0 saturated carbocycles. The summed E-state index contributed by atoms with van der Waals surface area (Å²) in [6.07, 6.45) is 0.713. The van der Waals surface area contributed by atoms with Gasteiger partial charge in [-0.2, -0.15) is 0 Å². The van der Waals surface area contributed by atoms with Crippen LogP contribution in [0.3, 0.4) is 0 Å². The molecule has 0 bridgehead atoms. The molecule has 1 aliphatic heterocycles. The second kappa shape index (κ2) is 6.59. The number of nitrogens with zero attached hydrogens (tertiary/aromatic N) is 2. The quantitative estimate of drug-likeness (QED) is 0.899. The Morgan fingerprint density at radius 3 is 2.44 bits per heavy atom. The van der Waals surface area contributed by atoms with Crippen LogP contribution >= 0.6 is 0 Å². The number of sulfonamides is 1. The number of benzene rings is 2. The molecule has 0 spiro atoms. The Kier molecular flexibility index (Phi) is 4.64. The molecule has 25 heavy (non-hydrogen) atoms. The Hall–Kier alpha value is -2.22. The van der Waals surface area contributed by atoms with Crippen molar-refractivity contribution in [3.63, 3.8) is 0 Å². The fourth-order valence-corrected chi connectivity index (χ4v) is 3.80. The van der Waals surface area contributed by atoms with E-state index in [0.29, 0.717) is 30.8 Å². The summed E-state index contributed by atoms with van der Waals surface area (Å²) in [7, 11) is -0.559. The van der Waals surface area contributed by atoms with Crippen molar-refractivity contribution in [3.05, 3.63) is 59.2 Å². The summed E-state index contributed by atoms with van der Waals surface area (Å²) in [5.74, 6) is -0.137. The third-order valence-corrected chi connectivity index (χ3v) is 6.22. The standard InChI is InChI=1S/C18H21N3O3S/c1-20(2)25(23,24)16-8-7-14-9-10-21(17(14)11-16)18(22)15-5-3-13(12-19)4-6-15/h3-8,11H,9-10,12,19H2,1-2H3. The molecule has 132 valence electrons. The lowest BCUT2D eigenvalue weighted by atomic mass is 10.1. The van der Waals surface area contributed by atoms with Crippen molar-refractivity contribution in [2.75, 3.05) is 25.5 Å². The summed E-state index contributed by atoms with van der Waals surface area (Å²) < 4.78 is 25.9. The SMILES string of the molecule is CN(C)S(=O)(=O)c1ccc2c(c1)N(C(=O)c1ccc(CN)cc1)CC2. The number of nitrogens with two attached hydrogens (primary N) is 1. The topological polar surface area (TPSA) is 83.7 Å². The van der Waals surface area contributed by atoms with Crippen molar-refractivity contribution in [1.29, 1.82) is 0 Å². The minimum absolute atomic E-state index is 0.137. The maximum Gasteiger partial charge on any atom is 0.258 e. The van der Waals surface area contributed by atoms with E-state index < -0.39 is 10.0 Å². The minimum atomic E-state index is -3.54. The van der Waals surface area contributed by atoms with E-state index in [-0.39, 0.29) is 10.8 Å². The van der Waals surface area contributed by atoms with Gasteiger partial charge in [0.1, 0.15) is 0 Å². The van der Waals surface area contributed by atoms with Gasteiger partial charge in [-0.25, -0.2) is 12.7 Å². The highest BCUT2D eigenvalue weighted by molar-refractivity contribution is 7.89. The summed E-state index contributed by atoms with van der Waals surface area (Å²) in [5, 5.41) is 0. The zero-order valence-electron chi connectivity index (χ0n) is 14.3. The Balaban J connectivity index is 1.96. The molecule has 3 rings (SSSR count). The van der Waals surface area contributed by atoms with Crippen LogP contribution in [-0.4, -0.2) is 39.3 Å². The van der Waals surface area contributed by atoms with Gasteiger partial charge < -0.3 is 10.6 Å². The molecule has 0 unspecified atom stereocenters. The molecule has 0 aromatic heterocycles. The van der Waals surface area contributed by atoms with Crippen LogP contribution < -0.4 is 10.6 Å². The normalized spacial score (nSPS) is 14.0. The van der Waals surface area contributed by atoms with Crippen LogP contribution in [0.1, 0.15) is 21.5 Å². The van der Waals surface area contributed by atoms with E-state index in [2.05, 4.69) is 0 Å². The molecule has 7 heteroatoms. The molecule has 0 saturated heterocycles. The predicted molar refractivity (Wildman–Crippen MR) is 97.0 cm³/mol. The summed E-state index contributed by atoms with van der Waals surface area (Å²) in [6.45, 7) is 0.963. The van der Waals surface area contributed by atoms with E-state index in [9.17, 15) is 13.2 Å². The molecule has 1 amide bonds. The average molecular weight is 359 g/mol. The lowest BCUT2D eigenvalue weighted by Crippen LogP contribution is -2.29. The van der Waals surface area contributed by atoms with Crippen molar-refractivity contribution >= 4 is 21.6 Å². The Morgan fingerprint density at radius 1 is 1.16 bits per heavy atom. The van der Waals surface area contributed by atoms with Crippen molar-refractivity contribution < 1.29 is 13.2 Å². The second-order valence-electron chi connectivity index (χ2n) is 6.19. The Labute approximate surface area is 147 Å². The molecule has 1 heterocycles. The lowest BCUT2D eigenvalue weighted by Gasteiger charge is -2.19. The minimum Gasteiger partial charge on any atom is -0.326 e. The number of carbonyl (C=O) groups excluding carboxylic acids is 1. The van der Waals surface area contributed by atoms with Crippen LogP contribution in [0.5, 0.6) is 0 Å². The molecule has 6 nitrogen and oxygen atoms in total. The van der Waals surface area contributed by atoms with Crippen LogP contribution in [-0.2, 0) is 23.0 Å². The van der Waals surface area contributed by atoms with Crippen molar-refractivity contribution in [3.8, 4) is 0 Å². The van der Waals surface area contributed by atoms with Gasteiger partial charge >= 0.3 is 0 Å². The first-order chi connectivity index (χ1) is 11.8. The number of amides is 1. The van der Waals surface area contributed by atoms with Crippen molar-refractivity contribution in [2.45, 2.75) is 17.9 Å². The fraction of sp³-hybridized carbons (Fsp3) is 0.278. The third kappa shape index (κ3) is 3.18. The number of anilines is 1. The monoisotopic (exact) mass is 359 g/mol. The summed E-state index contributed by atoms with van der Waals surface area (Å²) in [6, 6.07) is 12.1. The van der Waals surface area contributed by atoms with Crippen LogP contribution in [0.25, 0.3) is 0 Å². The molecule has 0 fully saturated rings. The molecule has 0 aliphatic carbocycles. The van der Waals surface area contributed by atoms with Crippen molar-refractivity contribution in [2.24, 2.45) is 5.73 Å². The van der Waals surface area contributed by atoms with Crippen LogP contribution in [0.4, 0.5) is 5.69 Å². The van der Waals surface area contributed by atoms with E-state index >= 15 is 0 Å². The first-order valence-corrected chi connectivity index (χ1v) is 9.45. The van der Waals surface area contributed by atoms with Crippen LogP contribution in [0.2, 0.25) is 0 Å². The molecular weight excluding hydrogens is 338 g/mol. The van der Waals surface area contributed by atoms with Gasteiger partial charge in [-0.05, 0) is 41.8 Å². The largest absolute Gasteiger partial charge is 0.326 e. The molecule has 2 aromatic carbocycles. The predicted octanol–water partition coefficient (Wildman–Crippen LogP) is 1.60. The molecule has 1 aliphatic rings. The second-order valence-corrected chi connectivity index (χ2v) is 8.34. The highest BCUT2D eigenvalue weighted by atomic mass is 32.2. The van der Waals surface area contributed by atoms with Gasteiger partial charge in [0.25, 0.3) is 5.91 Å². The van der Waals surface area contributed by atoms with E-state index in [0.717, 1.165) is 11.1 Å². The van der Waals surface area contributed by atoms with E-state index in [1.165, 1.54) is 18.4 Å². The number of fused-ring (bicyclic) bond motifs is 1. The average Bonchev–Trinajstić information content (AvgIpc) is 3.04. The highest BCUT2D eigenvalue weighted by Crippen LogP contribution is 2.32. The van der Waals surface area contributed by atoms with E-state index in [1.807, 2.05) is 12.1 Å². The van der Waals surface area contributed by atoms with Gasteiger partial charge in [0, 0.05) is 38.4 Å². The van der Waals surface area contributed by atoms with Crippen LogP contribution in [0, 0.1) is 0 Å². The first-order valence-electron chi connectivity index (χ1n) is 8.01. The maximum absolute atomic E-state index is 12.8. The number of hydrogen-bond donors (Lipinski definition) is 1. The molecular formula is C18H21N3O3S. The zero-order chi connectivity index (χ0) is 18.2. The van der Waals surface area contributed by atoms with E-state index in [4.69, 9.17) is 5.73 Å². The molecule has 0 radical (unpaired) electrons. The third-order valence-electron chi connectivity index (χ3n) is 4.41. The first kappa shape index (κ1) is 17.6. The highest BCUT2D eigenvalue weighted by Gasteiger charge is 2.28. The van der Waals surface area contributed by atoms with Gasteiger partial charge in [0.2, 0.25) is 10.0 Å². The van der Waals surface area contributed by atoms with Gasteiger partial charge in [-0.15, -0.1) is 0 Å². The van der Waals surface area contributed by atoms with Gasteiger partial charge in [0.15, 0.2) is 0 Å². The number of rotatable bonds is 4. The molecule has 0 atom stereocenters. The lowest BCUT2D eigenvalue weighted by molar-refractivity contribution is 0.0989. The Morgan fingerprint density at radius 2 is 1.84 bits per heavy atom. The van der Waals surface area contributed by atoms with E-state index in [1.54, 1.807) is 35.2 Å². The fourth-order valence-electron chi connectivity index (χ4n) is 2.88. The summed E-state index contributed by atoms with van der Waals surface area (Å²) >= 11 is 0. The number of carbonyl (C=O) groups is 1. The molecule has 2 aromatic rings. The van der Waals surface area contributed by atoms with Crippen LogP contribution in [0.15, 0.2) is 47.4 Å². The Bertz CT molecular complexity index is 906. The summed E-state index contributed by atoms with van der Waals surface area (Å²) in [4.78, 5) is 14.7. The van der Waals surface area contributed by atoms with Crippen molar-refractivity contribution in [1.82, 2.24) is 4.31 Å². The number of hydrogen-bond acceptors (Lipinski definition) is 4. The summed E-state index contributed by atoms with van der Waals surface area (Å²) in [5.41, 5.74) is 8.74. The van der Waals surface area contributed by atoms with Gasteiger partial charge in [0.05, 0.1) is 4.90 Å². The smallest absolute Gasteiger partial charge is 0.258 e. The maximum atomic E-state index is 12.8.